The molecule has 1 heterocycles. The van der Waals surface area contributed by atoms with Gasteiger partial charge >= 0.3 is 18.4 Å². The monoisotopic (exact) mass is 493 g/mol. The van der Waals surface area contributed by atoms with E-state index in [0.29, 0.717) is 0 Å². The smallest absolute Gasteiger partial charge is 0.352 e. The van der Waals surface area contributed by atoms with Crippen LogP contribution < -0.4 is 10.6 Å². The summed E-state index contributed by atoms with van der Waals surface area (Å²) in [6, 6.07) is -4.21. The molecule has 1 aliphatic carbocycles. The van der Waals surface area contributed by atoms with Crippen molar-refractivity contribution >= 4 is 23.5 Å². The van der Waals surface area contributed by atoms with E-state index in [-0.39, 0.29) is 11.4 Å². The number of amides is 3. The lowest BCUT2D eigenvalue weighted by atomic mass is 9.69. The molecule has 1 aromatic rings. The Morgan fingerprint density at radius 1 is 1.12 bits per heavy atom. The molecule has 0 aromatic heterocycles. The molecule has 3 amide bonds. The first kappa shape index (κ1) is 24.3. The van der Waals surface area contributed by atoms with Gasteiger partial charge in [-0.25, -0.2) is 13.6 Å². The maximum absolute atomic E-state index is 14.6. The molecule has 1 aliphatic heterocycles. The van der Waals surface area contributed by atoms with Gasteiger partial charge in [-0.15, -0.1) is 0 Å². The topological polar surface area (TPSA) is 61.4 Å². The molecule has 3 rings (SSSR count). The zero-order chi connectivity index (χ0) is 24.0. The predicted octanol–water partition coefficient (Wildman–Crippen LogP) is 4.32. The molecule has 2 N–H and O–H groups in total. The SMILES string of the molecule is O=C1NCCN(C(=O)N[C@H](c2ccc(F)c(Cl)c2F)C2CC(C(F)(F)F)C2)C1C(F)(F)F. The molecule has 2 aliphatic rings. The summed E-state index contributed by atoms with van der Waals surface area (Å²) < 4.78 is 107. The Kier molecular flexibility index (Phi) is 6.51. The predicted molar refractivity (Wildman–Crippen MR) is 94.5 cm³/mol. The number of nitrogens with one attached hydrogen (secondary N) is 2. The van der Waals surface area contributed by atoms with Gasteiger partial charge in [-0.2, -0.15) is 26.3 Å². The first-order valence-corrected chi connectivity index (χ1v) is 9.71. The van der Waals surface area contributed by atoms with Crippen LogP contribution in [0, 0.1) is 23.5 Å². The third-order valence-corrected chi connectivity index (χ3v) is 5.92. The number of hydrogen-bond donors (Lipinski definition) is 2. The van der Waals surface area contributed by atoms with E-state index in [9.17, 15) is 44.7 Å². The highest BCUT2D eigenvalue weighted by Gasteiger charge is 2.54. The highest BCUT2D eigenvalue weighted by molar-refractivity contribution is 6.31. The molecule has 1 aromatic carbocycles. The average molecular weight is 494 g/mol. The summed E-state index contributed by atoms with van der Waals surface area (Å²) in [5, 5.41) is 3.11. The van der Waals surface area contributed by atoms with Crippen LogP contribution in [-0.4, -0.2) is 48.3 Å². The van der Waals surface area contributed by atoms with Crippen LogP contribution in [0.3, 0.4) is 0 Å². The Balaban J connectivity index is 1.90. The number of urea groups is 1. The van der Waals surface area contributed by atoms with Gasteiger partial charge in [-0.05, 0) is 24.8 Å². The highest BCUT2D eigenvalue weighted by Crippen LogP contribution is 2.50. The van der Waals surface area contributed by atoms with Crippen LogP contribution in [0.15, 0.2) is 12.1 Å². The van der Waals surface area contributed by atoms with Gasteiger partial charge in [0.25, 0.3) is 5.91 Å². The molecule has 1 unspecified atom stereocenters. The van der Waals surface area contributed by atoms with Gasteiger partial charge in [-0.3, -0.25) is 4.79 Å². The van der Waals surface area contributed by atoms with E-state index in [1.54, 1.807) is 0 Å². The highest BCUT2D eigenvalue weighted by atomic mass is 35.5. The minimum absolute atomic E-state index is 0.175. The summed E-state index contributed by atoms with van der Waals surface area (Å²) in [7, 11) is 0. The molecule has 0 bridgehead atoms. The number of alkyl halides is 6. The van der Waals surface area contributed by atoms with Gasteiger partial charge in [0.1, 0.15) is 16.7 Å². The zero-order valence-electron chi connectivity index (χ0n) is 16.0. The van der Waals surface area contributed by atoms with E-state index in [0.717, 1.165) is 12.1 Å². The van der Waals surface area contributed by atoms with E-state index < -0.39 is 89.8 Å². The molecular weight excluding hydrogens is 478 g/mol. The first-order valence-electron chi connectivity index (χ1n) is 9.33. The standard InChI is InChI=1S/C18H16ClF8N3O2/c19-11-10(20)2-1-9(12(11)21)13(7-5-8(6-7)17(22,23)24)29-16(32)30-4-3-28-15(31)14(30)18(25,26)27/h1-2,7-8,13-14H,3-6H2,(H,28,31)(H,29,32)/t7?,8?,13-,14?/m0/s1. The van der Waals surface area contributed by atoms with Gasteiger partial charge in [-0.1, -0.05) is 17.7 Å². The summed E-state index contributed by atoms with van der Waals surface area (Å²) in [6.07, 6.45) is -10.7. The minimum Gasteiger partial charge on any atom is -0.352 e. The van der Waals surface area contributed by atoms with Crippen LogP contribution in [-0.2, 0) is 4.79 Å². The molecule has 2 atom stereocenters. The minimum atomic E-state index is -5.13. The van der Waals surface area contributed by atoms with Crippen molar-refractivity contribution < 1.29 is 44.7 Å². The lowest BCUT2D eigenvalue weighted by molar-refractivity contribution is -0.207. The fraction of sp³-hybridized carbons (Fsp3) is 0.556. The summed E-state index contributed by atoms with van der Waals surface area (Å²) in [4.78, 5) is 24.5. The maximum Gasteiger partial charge on any atom is 0.418 e. The number of carbonyl (C=O) groups is 2. The van der Waals surface area contributed by atoms with Crippen LogP contribution in [0.25, 0.3) is 0 Å². The van der Waals surface area contributed by atoms with Crippen LogP contribution in [0.5, 0.6) is 0 Å². The van der Waals surface area contributed by atoms with E-state index >= 15 is 0 Å². The first-order chi connectivity index (χ1) is 14.7. The Morgan fingerprint density at radius 2 is 1.75 bits per heavy atom. The second kappa shape index (κ2) is 8.56. The van der Waals surface area contributed by atoms with Gasteiger partial charge < -0.3 is 15.5 Å². The summed E-state index contributed by atoms with van der Waals surface area (Å²) in [6.45, 7) is -0.837. The number of rotatable bonds is 3. The van der Waals surface area contributed by atoms with Crippen molar-refractivity contribution in [2.24, 2.45) is 11.8 Å². The number of carbonyl (C=O) groups excluding carboxylic acids is 2. The molecular formula is C18H16ClF8N3O2. The molecule has 2 fully saturated rings. The van der Waals surface area contributed by atoms with Crippen molar-refractivity contribution in [3.63, 3.8) is 0 Å². The van der Waals surface area contributed by atoms with Crippen molar-refractivity contribution in [2.45, 2.75) is 37.3 Å². The van der Waals surface area contributed by atoms with Crippen molar-refractivity contribution in [1.82, 2.24) is 15.5 Å². The second-order valence-electron chi connectivity index (χ2n) is 7.59. The number of benzene rings is 1. The third-order valence-electron chi connectivity index (χ3n) is 5.57. The largest absolute Gasteiger partial charge is 0.418 e. The van der Waals surface area contributed by atoms with Gasteiger partial charge in [0.05, 0.1) is 12.0 Å². The Labute approximate surface area is 181 Å². The molecule has 0 spiro atoms. The molecule has 178 valence electrons. The summed E-state index contributed by atoms with van der Waals surface area (Å²) in [5.74, 6) is -6.74. The van der Waals surface area contributed by atoms with E-state index in [4.69, 9.17) is 11.6 Å². The van der Waals surface area contributed by atoms with Gasteiger partial charge in [0.2, 0.25) is 6.04 Å². The van der Waals surface area contributed by atoms with Crippen molar-refractivity contribution in [2.75, 3.05) is 13.1 Å². The molecule has 0 radical (unpaired) electrons. The van der Waals surface area contributed by atoms with Crippen LogP contribution in [0.2, 0.25) is 5.02 Å². The second-order valence-corrected chi connectivity index (χ2v) is 7.97. The number of hydrogen-bond acceptors (Lipinski definition) is 2. The maximum atomic E-state index is 14.6. The van der Waals surface area contributed by atoms with E-state index in [2.05, 4.69) is 5.32 Å². The van der Waals surface area contributed by atoms with E-state index in [1.165, 1.54) is 0 Å². The van der Waals surface area contributed by atoms with Crippen LogP contribution in [0.1, 0.15) is 24.4 Å². The van der Waals surface area contributed by atoms with Crippen molar-refractivity contribution in [3.05, 3.63) is 34.4 Å². The Morgan fingerprint density at radius 3 is 2.31 bits per heavy atom. The molecule has 5 nitrogen and oxygen atoms in total. The van der Waals surface area contributed by atoms with Gasteiger partial charge in [0, 0.05) is 18.7 Å². The zero-order valence-corrected chi connectivity index (χ0v) is 16.7. The number of halogens is 9. The molecule has 32 heavy (non-hydrogen) atoms. The summed E-state index contributed by atoms with van der Waals surface area (Å²) in [5.41, 5.74) is -0.472. The van der Waals surface area contributed by atoms with Gasteiger partial charge in [0.15, 0.2) is 0 Å². The third kappa shape index (κ3) is 4.71. The quantitative estimate of drug-likeness (QED) is 0.487. The molecule has 1 saturated heterocycles. The number of nitrogens with zero attached hydrogens (tertiary/aromatic N) is 1. The lowest BCUT2D eigenvalue weighted by Crippen LogP contribution is -2.65. The number of piperazine rings is 1. The Bertz CT molecular complexity index is 901. The summed E-state index contributed by atoms with van der Waals surface area (Å²) >= 11 is 5.53. The fourth-order valence-electron chi connectivity index (χ4n) is 3.86. The van der Waals surface area contributed by atoms with Crippen LogP contribution >= 0.6 is 11.6 Å². The van der Waals surface area contributed by atoms with Crippen molar-refractivity contribution in [3.8, 4) is 0 Å². The van der Waals surface area contributed by atoms with Crippen LogP contribution in [0.4, 0.5) is 39.9 Å². The average Bonchev–Trinajstić information content (AvgIpc) is 2.62. The Hall–Kier alpha value is -2.31. The van der Waals surface area contributed by atoms with Crippen molar-refractivity contribution in [1.29, 1.82) is 0 Å². The fourth-order valence-corrected chi connectivity index (χ4v) is 4.03. The van der Waals surface area contributed by atoms with E-state index in [1.807, 2.05) is 5.32 Å². The molecule has 14 heteroatoms. The molecule has 1 saturated carbocycles. The lowest BCUT2D eigenvalue weighted by Gasteiger charge is -2.43. The normalized spacial score (nSPS) is 25.1.